The van der Waals surface area contributed by atoms with Gasteiger partial charge in [-0.2, -0.15) is 13.2 Å². The number of rotatable bonds is 7. The molecule has 0 unspecified atom stereocenters. The first-order valence-electron chi connectivity index (χ1n) is 5.76. The van der Waals surface area contributed by atoms with Gasteiger partial charge in [-0.3, -0.25) is 4.79 Å². The molecule has 0 aliphatic heterocycles. The third-order valence-electron chi connectivity index (χ3n) is 2.39. The maximum atomic E-state index is 11.8. The van der Waals surface area contributed by atoms with Gasteiger partial charge in [0, 0.05) is 12.0 Å². The molecule has 0 fully saturated rings. The predicted molar refractivity (Wildman–Crippen MR) is 61.8 cm³/mol. The van der Waals surface area contributed by atoms with E-state index in [1.165, 1.54) is 0 Å². The Morgan fingerprint density at radius 3 is 2.28 bits per heavy atom. The van der Waals surface area contributed by atoms with Crippen LogP contribution in [-0.4, -0.2) is 19.1 Å². The van der Waals surface area contributed by atoms with Crippen LogP contribution in [-0.2, 0) is 0 Å². The average molecular weight is 260 g/mol. The number of alkyl halides is 3. The molecule has 1 aromatic carbocycles. The van der Waals surface area contributed by atoms with Crippen molar-refractivity contribution in [3.8, 4) is 5.75 Å². The fourth-order valence-corrected chi connectivity index (χ4v) is 1.44. The molecule has 0 radical (unpaired) electrons. The van der Waals surface area contributed by atoms with Gasteiger partial charge in [-0.15, -0.1) is 0 Å². The molecule has 1 rings (SSSR count). The zero-order valence-corrected chi connectivity index (χ0v) is 9.87. The highest BCUT2D eigenvalue weighted by Gasteiger charge is 2.25. The number of benzene rings is 1. The lowest BCUT2D eigenvalue weighted by atomic mass is 10.2. The smallest absolute Gasteiger partial charge is 0.389 e. The number of carbonyl (C=O) groups excluding carboxylic acids is 1. The number of hydrogen-bond donors (Lipinski definition) is 0. The van der Waals surface area contributed by atoms with Crippen LogP contribution in [0.2, 0.25) is 0 Å². The Hall–Kier alpha value is -1.52. The molecule has 100 valence electrons. The first-order chi connectivity index (χ1) is 8.51. The van der Waals surface area contributed by atoms with Crippen molar-refractivity contribution in [2.75, 3.05) is 6.61 Å². The summed E-state index contributed by atoms with van der Waals surface area (Å²) in [6.45, 7) is 0.387. The van der Waals surface area contributed by atoms with Crippen molar-refractivity contribution in [1.82, 2.24) is 0 Å². The molecule has 0 bridgehead atoms. The SMILES string of the molecule is O=Cc1ccc(OCCCCCC(F)(F)F)cc1. The normalized spacial score (nSPS) is 11.3. The van der Waals surface area contributed by atoms with Gasteiger partial charge in [0.15, 0.2) is 0 Å². The second-order valence-electron chi connectivity index (χ2n) is 3.96. The zero-order chi connectivity index (χ0) is 13.4. The molecular formula is C13H15F3O2. The third-order valence-corrected chi connectivity index (χ3v) is 2.39. The number of halogens is 3. The van der Waals surface area contributed by atoms with Crippen LogP contribution in [0.3, 0.4) is 0 Å². The summed E-state index contributed by atoms with van der Waals surface area (Å²) in [4.78, 5) is 10.4. The number of unbranched alkanes of at least 4 members (excludes halogenated alkanes) is 2. The maximum Gasteiger partial charge on any atom is 0.389 e. The van der Waals surface area contributed by atoms with E-state index in [1.807, 2.05) is 0 Å². The van der Waals surface area contributed by atoms with Crippen molar-refractivity contribution in [3.63, 3.8) is 0 Å². The Morgan fingerprint density at radius 2 is 1.72 bits per heavy atom. The Kier molecular flexibility index (Phi) is 5.68. The molecule has 0 atom stereocenters. The minimum absolute atomic E-state index is 0.136. The van der Waals surface area contributed by atoms with Crippen LogP contribution in [0.1, 0.15) is 36.0 Å². The lowest BCUT2D eigenvalue weighted by molar-refractivity contribution is -0.135. The minimum Gasteiger partial charge on any atom is -0.494 e. The summed E-state index contributed by atoms with van der Waals surface area (Å²) in [5.74, 6) is 0.622. The first kappa shape index (κ1) is 14.5. The molecule has 2 nitrogen and oxygen atoms in total. The van der Waals surface area contributed by atoms with Gasteiger partial charge in [-0.25, -0.2) is 0 Å². The molecule has 0 aliphatic carbocycles. The van der Waals surface area contributed by atoms with Gasteiger partial charge in [0.1, 0.15) is 12.0 Å². The summed E-state index contributed by atoms with van der Waals surface area (Å²) in [5, 5.41) is 0. The lowest BCUT2D eigenvalue weighted by Crippen LogP contribution is -2.06. The van der Waals surface area contributed by atoms with Gasteiger partial charge in [-0.05, 0) is 43.5 Å². The summed E-state index contributed by atoms with van der Waals surface area (Å²) < 4.78 is 40.9. The third kappa shape index (κ3) is 6.27. The summed E-state index contributed by atoms with van der Waals surface area (Å²) in [5.41, 5.74) is 0.563. The predicted octanol–water partition coefficient (Wildman–Crippen LogP) is 4.00. The molecule has 0 amide bonds. The van der Waals surface area contributed by atoms with Crippen molar-refractivity contribution in [1.29, 1.82) is 0 Å². The number of hydrogen-bond acceptors (Lipinski definition) is 2. The second-order valence-corrected chi connectivity index (χ2v) is 3.96. The minimum atomic E-state index is -4.06. The molecule has 18 heavy (non-hydrogen) atoms. The molecule has 0 saturated heterocycles. The van der Waals surface area contributed by atoms with E-state index in [0.717, 1.165) is 6.29 Å². The Balaban J connectivity index is 2.12. The molecular weight excluding hydrogens is 245 g/mol. The van der Waals surface area contributed by atoms with Crippen LogP contribution in [0.4, 0.5) is 13.2 Å². The van der Waals surface area contributed by atoms with Crippen molar-refractivity contribution >= 4 is 6.29 Å². The Bertz CT molecular complexity index is 357. The van der Waals surface area contributed by atoms with Crippen molar-refractivity contribution in [3.05, 3.63) is 29.8 Å². The lowest BCUT2D eigenvalue weighted by Gasteiger charge is -2.07. The standard InChI is InChI=1S/C13H15F3O2/c14-13(15,16)8-2-1-3-9-18-12-6-4-11(10-17)5-7-12/h4-7,10H,1-3,8-9H2. The van der Waals surface area contributed by atoms with E-state index in [4.69, 9.17) is 4.74 Å². The van der Waals surface area contributed by atoms with E-state index in [9.17, 15) is 18.0 Å². The molecule has 1 aromatic rings. The molecule has 0 aliphatic rings. The summed E-state index contributed by atoms with van der Waals surface area (Å²) in [7, 11) is 0. The van der Waals surface area contributed by atoms with Crippen molar-refractivity contribution in [2.45, 2.75) is 31.9 Å². The van der Waals surface area contributed by atoms with Crippen LogP contribution >= 0.6 is 0 Å². The number of aldehydes is 1. The highest BCUT2D eigenvalue weighted by molar-refractivity contribution is 5.74. The fourth-order valence-electron chi connectivity index (χ4n) is 1.44. The van der Waals surface area contributed by atoms with Crippen LogP contribution in [0.5, 0.6) is 5.75 Å². The molecule has 5 heteroatoms. The highest BCUT2D eigenvalue weighted by atomic mass is 19.4. The van der Waals surface area contributed by atoms with Gasteiger partial charge < -0.3 is 4.74 Å². The van der Waals surface area contributed by atoms with Gasteiger partial charge in [0.25, 0.3) is 0 Å². The Morgan fingerprint density at radius 1 is 1.06 bits per heavy atom. The van der Waals surface area contributed by atoms with E-state index in [0.29, 0.717) is 30.8 Å². The largest absolute Gasteiger partial charge is 0.494 e. The van der Waals surface area contributed by atoms with Crippen molar-refractivity contribution in [2.24, 2.45) is 0 Å². The fraction of sp³-hybridized carbons (Fsp3) is 0.462. The maximum absolute atomic E-state index is 11.8. The second kappa shape index (κ2) is 7.03. The summed E-state index contributed by atoms with van der Waals surface area (Å²) in [6, 6.07) is 6.59. The van der Waals surface area contributed by atoms with Gasteiger partial charge in [-0.1, -0.05) is 0 Å². The molecule has 0 aromatic heterocycles. The molecule has 0 saturated carbocycles. The van der Waals surface area contributed by atoms with Gasteiger partial charge in [0.05, 0.1) is 6.61 Å². The van der Waals surface area contributed by atoms with Crippen LogP contribution < -0.4 is 4.74 Å². The molecule has 0 N–H and O–H groups in total. The van der Waals surface area contributed by atoms with E-state index in [2.05, 4.69) is 0 Å². The van der Waals surface area contributed by atoms with E-state index in [-0.39, 0.29) is 6.42 Å². The first-order valence-corrected chi connectivity index (χ1v) is 5.76. The molecule has 0 spiro atoms. The van der Waals surface area contributed by atoms with Crippen molar-refractivity contribution < 1.29 is 22.7 Å². The monoisotopic (exact) mass is 260 g/mol. The van der Waals surface area contributed by atoms with E-state index >= 15 is 0 Å². The van der Waals surface area contributed by atoms with Gasteiger partial charge in [0.2, 0.25) is 0 Å². The quantitative estimate of drug-likeness (QED) is 0.547. The zero-order valence-electron chi connectivity index (χ0n) is 9.87. The summed E-state index contributed by atoms with van der Waals surface area (Å²) >= 11 is 0. The van der Waals surface area contributed by atoms with Gasteiger partial charge >= 0.3 is 6.18 Å². The van der Waals surface area contributed by atoms with Crippen LogP contribution in [0.25, 0.3) is 0 Å². The Labute approximate surface area is 104 Å². The average Bonchev–Trinajstić information content (AvgIpc) is 2.33. The highest BCUT2D eigenvalue weighted by Crippen LogP contribution is 2.22. The molecule has 0 heterocycles. The topological polar surface area (TPSA) is 26.3 Å². The van der Waals surface area contributed by atoms with Crippen LogP contribution in [0, 0.1) is 0 Å². The van der Waals surface area contributed by atoms with Crippen LogP contribution in [0.15, 0.2) is 24.3 Å². The number of ether oxygens (including phenoxy) is 1. The summed E-state index contributed by atoms with van der Waals surface area (Å²) in [6.07, 6.45) is -2.85. The van der Waals surface area contributed by atoms with E-state index < -0.39 is 12.6 Å². The van der Waals surface area contributed by atoms with E-state index in [1.54, 1.807) is 24.3 Å². The number of carbonyl (C=O) groups is 1.